The van der Waals surface area contributed by atoms with Crippen LogP contribution in [0.1, 0.15) is 182 Å². The van der Waals surface area contributed by atoms with Crippen LogP contribution in [-0.4, -0.2) is 67.2 Å². The number of carbonyl (C=O) groups excluding carboxylic acids is 1. The van der Waals surface area contributed by atoms with E-state index in [9.17, 15) is 9.59 Å². The van der Waals surface area contributed by atoms with Crippen LogP contribution in [0, 0.1) is 0 Å². The van der Waals surface area contributed by atoms with Crippen LogP contribution >= 0.6 is 0 Å². The lowest BCUT2D eigenvalue weighted by atomic mass is 10.0. The average Bonchev–Trinajstić information content (AvgIpc) is 2.99. The van der Waals surface area contributed by atoms with Crippen molar-refractivity contribution in [3.05, 3.63) is 0 Å². The molecule has 0 aliphatic carbocycles. The largest absolute Gasteiger partial charge is 0.481 e. The Labute approximate surface area is 272 Å². The maximum absolute atomic E-state index is 11.2. The van der Waals surface area contributed by atoms with Gasteiger partial charge >= 0.3 is 11.9 Å². The van der Waals surface area contributed by atoms with Crippen molar-refractivity contribution in [2.24, 2.45) is 0 Å². The molecule has 44 heavy (non-hydrogen) atoms. The molecule has 0 rings (SSSR count). The first kappa shape index (κ1) is 42.8. The van der Waals surface area contributed by atoms with E-state index in [-0.39, 0.29) is 18.7 Å². The van der Waals surface area contributed by atoms with Crippen LogP contribution in [0.3, 0.4) is 0 Å². The van der Waals surface area contributed by atoms with Crippen LogP contribution in [0.25, 0.3) is 0 Å². The highest BCUT2D eigenvalue weighted by atomic mass is 16.7. The molecule has 0 bridgehead atoms. The highest BCUT2D eigenvalue weighted by Gasteiger charge is 2.14. The van der Waals surface area contributed by atoms with Crippen molar-refractivity contribution in [2.45, 2.75) is 194 Å². The van der Waals surface area contributed by atoms with Crippen molar-refractivity contribution in [1.29, 1.82) is 0 Å². The van der Waals surface area contributed by atoms with E-state index in [2.05, 4.69) is 25.7 Å². The lowest BCUT2D eigenvalue weighted by molar-refractivity contribution is -0.148. The monoisotopic (exact) mass is 628 g/mol. The Morgan fingerprint density at radius 2 is 1.07 bits per heavy atom. The summed E-state index contributed by atoms with van der Waals surface area (Å²) in [4.78, 5) is 24.4. The smallest absolute Gasteiger partial charge is 0.303 e. The number of aliphatic carboxylic acids is 1. The number of rotatable bonds is 35. The van der Waals surface area contributed by atoms with Crippen molar-refractivity contribution in [3.8, 4) is 0 Å². The first-order valence-electron chi connectivity index (χ1n) is 18.7. The quantitative estimate of drug-likeness (QED) is 0.0425. The van der Waals surface area contributed by atoms with Crippen LogP contribution in [0.5, 0.6) is 0 Å². The first-order chi connectivity index (χ1) is 21.4. The number of nitrogens with zero attached hydrogens (tertiary/aromatic N) is 1. The fraction of sp³-hybridized carbons (Fsp3) is 0.946. The van der Waals surface area contributed by atoms with Crippen LogP contribution in [0.4, 0.5) is 0 Å². The highest BCUT2D eigenvalue weighted by molar-refractivity contribution is 5.66. The predicted molar refractivity (Wildman–Crippen MR) is 183 cm³/mol. The molecule has 1 atom stereocenters. The Morgan fingerprint density at radius 3 is 1.64 bits per heavy atom. The van der Waals surface area contributed by atoms with E-state index >= 15 is 0 Å². The SMILES string of the molecule is CCCCCCCCOC(CCCCCCN(CCCOC(C)=O)C(C)CCCCCCC(=O)O)OCCCCCCCC. The second kappa shape index (κ2) is 33.2. The second-order valence-corrected chi connectivity index (χ2v) is 12.8. The van der Waals surface area contributed by atoms with Gasteiger partial charge < -0.3 is 24.2 Å². The third kappa shape index (κ3) is 30.8. The van der Waals surface area contributed by atoms with Gasteiger partial charge in [0.1, 0.15) is 0 Å². The zero-order valence-corrected chi connectivity index (χ0v) is 29.6. The van der Waals surface area contributed by atoms with Gasteiger partial charge in [0.05, 0.1) is 6.61 Å². The zero-order chi connectivity index (χ0) is 32.5. The Balaban J connectivity index is 4.45. The van der Waals surface area contributed by atoms with Crippen LogP contribution in [0.2, 0.25) is 0 Å². The molecule has 7 heteroatoms. The topological polar surface area (TPSA) is 85.3 Å². The summed E-state index contributed by atoms with van der Waals surface area (Å²) in [6.07, 6.45) is 27.2. The lowest BCUT2D eigenvalue weighted by Crippen LogP contribution is -2.35. The summed E-state index contributed by atoms with van der Waals surface area (Å²) in [6.45, 7) is 12.4. The summed E-state index contributed by atoms with van der Waals surface area (Å²) >= 11 is 0. The standard InChI is InChI=1S/C37H73NO6/c1-5-7-9-11-17-23-31-43-37(44-32-24-18-12-10-8-6-2)28-21-15-16-22-29-38(30-25-33-42-35(4)39)34(3)26-19-13-14-20-27-36(40)41/h34,37H,5-33H2,1-4H3,(H,40,41). The summed E-state index contributed by atoms with van der Waals surface area (Å²) in [5.41, 5.74) is 0. The molecule has 0 aliphatic heterocycles. The molecule has 0 aliphatic rings. The van der Waals surface area contributed by atoms with Gasteiger partial charge in [-0.2, -0.15) is 0 Å². The number of unbranched alkanes of at least 4 members (excludes halogenated alkanes) is 16. The van der Waals surface area contributed by atoms with Gasteiger partial charge in [0, 0.05) is 39.1 Å². The van der Waals surface area contributed by atoms with E-state index in [1.165, 1.54) is 90.4 Å². The van der Waals surface area contributed by atoms with Crippen molar-refractivity contribution in [2.75, 3.05) is 32.9 Å². The van der Waals surface area contributed by atoms with Crippen molar-refractivity contribution >= 4 is 11.9 Å². The Hall–Kier alpha value is -1.18. The summed E-state index contributed by atoms with van der Waals surface area (Å²) in [7, 11) is 0. The summed E-state index contributed by atoms with van der Waals surface area (Å²) in [5.74, 6) is -0.912. The third-order valence-electron chi connectivity index (χ3n) is 8.52. The Kier molecular flexibility index (Phi) is 32.3. The molecule has 1 unspecified atom stereocenters. The molecule has 7 nitrogen and oxygen atoms in total. The molecular formula is C37H73NO6. The minimum Gasteiger partial charge on any atom is -0.481 e. The minimum absolute atomic E-state index is 0.0606. The number of carboxylic acids is 1. The highest BCUT2D eigenvalue weighted by Crippen LogP contribution is 2.16. The van der Waals surface area contributed by atoms with Crippen molar-refractivity contribution in [3.63, 3.8) is 0 Å². The van der Waals surface area contributed by atoms with E-state index < -0.39 is 5.97 Å². The van der Waals surface area contributed by atoms with Gasteiger partial charge in [-0.3, -0.25) is 9.59 Å². The Bertz CT molecular complexity index is 613. The van der Waals surface area contributed by atoms with Gasteiger partial charge in [0.2, 0.25) is 0 Å². The van der Waals surface area contributed by atoms with Crippen LogP contribution in [-0.2, 0) is 23.8 Å². The Morgan fingerprint density at radius 1 is 0.591 bits per heavy atom. The number of esters is 1. The van der Waals surface area contributed by atoms with Crippen molar-refractivity contribution < 1.29 is 28.9 Å². The number of carbonyl (C=O) groups is 2. The summed E-state index contributed by atoms with van der Waals surface area (Å²) in [6, 6.07) is 0.474. The maximum Gasteiger partial charge on any atom is 0.303 e. The molecule has 0 aromatic heterocycles. The van der Waals surface area contributed by atoms with E-state index in [1.807, 2.05) is 0 Å². The molecule has 262 valence electrons. The minimum atomic E-state index is -0.700. The van der Waals surface area contributed by atoms with E-state index in [1.54, 1.807) is 0 Å². The number of hydrogen-bond donors (Lipinski definition) is 1. The lowest BCUT2D eigenvalue weighted by Gasteiger charge is -2.29. The zero-order valence-electron chi connectivity index (χ0n) is 29.6. The molecule has 0 radical (unpaired) electrons. The molecule has 0 spiro atoms. The molecule has 1 N–H and O–H groups in total. The first-order valence-corrected chi connectivity index (χ1v) is 18.7. The molecule has 0 saturated carbocycles. The molecule has 0 amide bonds. The van der Waals surface area contributed by atoms with Gasteiger partial charge in [0.25, 0.3) is 0 Å². The van der Waals surface area contributed by atoms with Gasteiger partial charge in [-0.25, -0.2) is 0 Å². The van der Waals surface area contributed by atoms with Gasteiger partial charge in [0.15, 0.2) is 6.29 Å². The predicted octanol–water partition coefficient (Wildman–Crippen LogP) is 10.1. The molecule has 0 aromatic carbocycles. The number of ether oxygens (including phenoxy) is 3. The van der Waals surface area contributed by atoms with E-state index in [4.69, 9.17) is 19.3 Å². The average molecular weight is 628 g/mol. The van der Waals surface area contributed by atoms with Gasteiger partial charge in [-0.1, -0.05) is 110 Å². The maximum atomic E-state index is 11.2. The third-order valence-corrected chi connectivity index (χ3v) is 8.52. The van der Waals surface area contributed by atoms with Crippen molar-refractivity contribution in [1.82, 2.24) is 4.90 Å². The normalized spacial score (nSPS) is 12.3. The van der Waals surface area contributed by atoms with Crippen LogP contribution in [0.15, 0.2) is 0 Å². The van der Waals surface area contributed by atoms with Crippen LogP contribution < -0.4 is 0 Å². The number of carboxylic acid groups (broad SMARTS) is 1. The molecule has 0 fully saturated rings. The molecular weight excluding hydrogens is 554 g/mol. The molecule has 0 saturated heterocycles. The van der Waals surface area contributed by atoms with Gasteiger partial charge in [-0.05, 0) is 64.8 Å². The fourth-order valence-corrected chi connectivity index (χ4v) is 5.68. The summed E-state index contributed by atoms with van der Waals surface area (Å²) in [5, 5.41) is 8.83. The number of hydrogen-bond acceptors (Lipinski definition) is 6. The van der Waals surface area contributed by atoms with Gasteiger partial charge in [-0.15, -0.1) is 0 Å². The van der Waals surface area contributed by atoms with E-state index in [0.29, 0.717) is 12.6 Å². The second-order valence-electron chi connectivity index (χ2n) is 12.8. The summed E-state index contributed by atoms with van der Waals surface area (Å²) < 4.78 is 17.6. The fourth-order valence-electron chi connectivity index (χ4n) is 5.68. The molecule has 0 heterocycles. The van der Waals surface area contributed by atoms with E-state index in [0.717, 1.165) is 90.5 Å². The molecule has 0 aromatic rings.